The van der Waals surface area contributed by atoms with Gasteiger partial charge in [0.15, 0.2) is 0 Å². The predicted molar refractivity (Wildman–Crippen MR) is 113 cm³/mol. The Balaban J connectivity index is 1.83. The monoisotopic (exact) mass is 399 g/mol. The summed E-state index contributed by atoms with van der Waals surface area (Å²) in [6.45, 7) is 8.69. The van der Waals surface area contributed by atoms with Gasteiger partial charge in [0.2, 0.25) is 5.91 Å². The number of para-hydroxylation sites is 3. The summed E-state index contributed by atoms with van der Waals surface area (Å²) < 4.78 is 7.96. The molecule has 0 bridgehead atoms. The Morgan fingerprint density at radius 2 is 1.86 bits per heavy atom. The molecule has 1 unspecified atom stereocenters. The fraction of sp³-hybridized carbons (Fsp3) is 0.364. The molecule has 2 aromatic carbocycles. The van der Waals surface area contributed by atoms with E-state index in [0.29, 0.717) is 23.9 Å². The highest BCUT2D eigenvalue weighted by Crippen LogP contribution is 2.25. The van der Waals surface area contributed by atoms with Crippen LogP contribution in [0, 0.1) is 5.41 Å². The number of imidazole rings is 1. The second-order valence-electron chi connectivity index (χ2n) is 7.83. The van der Waals surface area contributed by atoms with Crippen molar-refractivity contribution in [3.8, 4) is 5.75 Å². The van der Waals surface area contributed by atoms with E-state index in [9.17, 15) is 4.79 Å². The van der Waals surface area contributed by atoms with Gasteiger partial charge in [0.1, 0.15) is 18.2 Å². The van der Waals surface area contributed by atoms with Gasteiger partial charge in [-0.1, -0.05) is 56.6 Å². The molecule has 3 rings (SSSR count). The van der Waals surface area contributed by atoms with Gasteiger partial charge in [-0.3, -0.25) is 4.79 Å². The predicted octanol–water partition coefficient (Wildman–Crippen LogP) is 4.99. The third-order valence-electron chi connectivity index (χ3n) is 4.51. The molecule has 1 N–H and O–H groups in total. The summed E-state index contributed by atoms with van der Waals surface area (Å²) >= 11 is 6.17. The molecule has 0 aliphatic heterocycles. The van der Waals surface area contributed by atoms with Crippen LogP contribution < -0.4 is 10.1 Å². The Morgan fingerprint density at radius 1 is 1.18 bits per heavy atom. The number of nitrogens with one attached hydrogen (secondary N) is 1. The minimum Gasteiger partial charge on any atom is -0.490 e. The summed E-state index contributed by atoms with van der Waals surface area (Å²) in [7, 11) is 0. The zero-order valence-corrected chi connectivity index (χ0v) is 17.5. The lowest BCUT2D eigenvalue weighted by Gasteiger charge is -2.22. The molecular formula is C22H26ClN3O2. The number of aromatic nitrogens is 2. The third-order valence-corrected chi connectivity index (χ3v) is 4.82. The van der Waals surface area contributed by atoms with E-state index in [1.54, 1.807) is 6.07 Å². The zero-order chi connectivity index (χ0) is 20.3. The van der Waals surface area contributed by atoms with Crippen molar-refractivity contribution in [3.63, 3.8) is 0 Å². The molecule has 6 heteroatoms. The fourth-order valence-corrected chi connectivity index (χ4v) is 3.14. The lowest BCUT2D eigenvalue weighted by Crippen LogP contribution is -2.37. The lowest BCUT2D eigenvalue weighted by atomic mass is 9.95. The van der Waals surface area contributed by atoms with Crippen molar-refractivity contribution < 1.29 is 9.53 Å². The first kappa shape index (κ1) is 20.2. The average Bonchev–Trinajstić information content (AvgIpc) is 3.01. The lowest BCUT2D eigenvalue weighted by molar-refractivity contribution is -0.129. The number of carbonyl (C=O) groups excluding carboxylic acids is 1. The van der Waals surface area contributed by atoms with Crippen LogP contribution in [0.3, 0.4) is 0 Å². The highest BCUT2D eigenvalue weighted by atomic mass is 35.5. The minimum absolute atomic E-state index is 0.00840. The minimum atomic E-state index is -0.460. The maximum absolute atomic E-state index is 12.4. The molecule has 0 saturated heterocycles. The third kappa shape index (κ3) is 4.47. The van der Waals surface area contributed by atoms with Gasteiger partial charge < -0.3 is 14.6 Å². The van der Waals surface area contributed by atoms with Crippen molar-refractivity contribution in [3.05, 3.63) is 59.4 Å². The molecule has 3 aromatic rings. The van der Waals surface area contributed by atoms with Crippen molar-refractivity contribution in [1.29, 1.82) is 0 Å². The van der Waals surface area contributed by atoms with Gasteiger partial charge in [0, 0.05) is 5.41 Å². The highest BCUT2D eigenvalue weighted by Gasteiger charge is 2.25. The van der Waals surface area contributed by atoms with E-state index in [4.69, 9.17) is 21.3 Å². The molecule has 0 saturated carbocycles. The average molecular weight is 400 g/mol. The maximum Gasteiger partial charge on any atom is 0.225 e. The first-order chi connectivity index (χ1) is 13.3. The van der Waals surface area contributed by atoms with Crippen molar-refractivity contribution in [2.24, 2.45) is 5.41 Å². The first-order valence-electron chi connectivity index (χ1n) is 9.41. The molecule has 0 spiro atoms. The van der Waals surface area contributed by atoms with Crippen LogP contribution in [0.25, 0.3) is 11.0 Å². The number of amides is 1. The van der Waals surface area contributed by atoms with Crippen LogP contribution in [0.4, 0.5) is 0 Å². The molecule has 1 atom stereocenters. The smallest absolute Gasteiger partial charge is 0.225 e. The van der Waals surface area contributed by atoms with E-state index in [0.717, 1.165) is 16.9 Å². The Labute approximate surface area is 170 Å². The van der Waals surface area contributed by atoms with Gasteiger partial charge in [-0.25, -0.2) is 4.98 Å². The summed E-state index contributed by atoms with van der Waals surface area (Å²) in [5.41, 5.74) is 1.45. The second-order valence-corrected chi connectivity index (χ2v) is 8.24. The standard InChI is InChI=1S/C22H26ClN3O2/c1-15(24-21(27)22(2,3)4)20-25-17-10-6-7-11-18(17)26(20)13-14-28-19-12-8-5-9-16(19)23/h5-12,15H,13-14H2,1-4H3,(H,24,27). The Morgan fingerprint density at radius 3 is 2.57 bits per heavy atom. The normalized spacial score (nSPS) is 12.8. The Kier molecular flexibility index (Phi) is 5.94. The number of nitrogens with zero attached hydrogens (tertiary/aromatic N) is 2. The van der Waals surface area contributed by atoms with E-state index in [-0.39, 0.29) is 11.9 Å². The highest BCUT2D eigenvalue weighted by molar-refractivity contribution is 6.32. The van der Waals surface area contributed by atoms with Gasteiger partial charge in [-0.15, -0.1) is 0 Å². The maximum atomic E-state index is 12.4. The van der Waals surface area contributed by atoms with Gasteiger partial charge in [-0.05, 0) is 31.2 Å². The van der Waals surface area contributed by atoms with E-state index in [1.807, 2.05) is 70.2 Å². The van der Waals surface area contributed by atoms with Crippen LogP contribution >= 0.6 is 11.6 Å². The number of rotatable bonds is 6. The Hall–Kier alpha value is -2.53. The number of hydrogen-bond acceptors (Lipinski definition) is 3. The molecule has 148 valence electrons. The van der Waals surface area contributed by atoms with Gasteiger partial charge in [0.05, 0.1) is 28.6 Å². The number of halogens is 1. The van der Waals surface area contributed by atoms with E-state index < -0.39 is 5.41 Å². The second kappa shape index (κ2) is 8.23. The summed E-state index contributed by atoms with van der Waals surface area (Å²) in [5.74, 6) is 1.46. The molecule has 0 fully saturated rings. The summed E-state index contributed by atoms with van der Waals surface area (Å²) in [6, 6.07) is 15.1. The number of hydrogen-bond donors (Lipinski definition) is 1. The first-order valence-corrected chi connectivity index (χ1v) is 9.78. The topological polar surface area (TPSA) is 56.2 Å². The van der Waals surface area contributed by atoms with Gasteiger partial charge in [-0.2, -0.15) is 0 Å². The fourth-order valence-electron chi connectivity index (χ4n) is 2.95. The van der Waals surface area contributed by atoms with Crippen molar-refractivity contribution in [2.75, 3.05) is 6.61 Å². The van der Waals surface area contributed by atoms with Crippen molar-refractivity contribution >= 4 is 28.5 Å². The Bertz CT molecular complexity index is 975. The van der Waals surface area contributed by atoms with Crippen LogP contribution in [0.5, 0.6) is 5.75 Å². The molecular weight excluding hydrogens is 374 g/mol. The molecule has 1 aromatic heterocycles. The van der Waals surface area contributed by atoms with Crippen molar-refractivity contribution in [2.45, 2.75) is 40.3 Å². The molecule has 28 heavy (non-hydrogen) atoms. The molecule has 0 aliphatic carbocycles. The molecule has 0 aliphatic rings. The van der Waals surface area contributed by atoms with Crippen LogP contribution in [-0.4, -0.2) is 22.1 Å². The molecule has 1 amide bonds. The van der Waals surface area contributed by atoms with E-state index in [2.05, 4.69) is 9.88 Å². The van der Waals surface area contributed by atoms with Crippen LogP contribution in [0.15, 0.2) is 48.5 Å². The van der Waals surface area contributed by atoms with E-state index in [1.165, 1.54) is 0 Å². The van der Waals surface area contributed by atoms with Gasteiger partial charge >= 0.3 is 0 Å². The van der Waals surface area contributed by atoms with Crippen LogP contribution in [0.1, 0.15) is 39.6 Å². The van der Waals surface area contributed by atoms with E-state index >= 15 is 0 Å². The quantitative estimate of drug-likeness (QED) is 0.635. The number of carbonyl (C=O) groups is 1. The summed E-state index contributed by atoms with van der Waals surface area (Å²) in [4.78, 5) is 17.2. The number of fused-ring (bicyclic) bond motifs is 1. The summed E-state index contributed by atoms with van der Waals surface area (Å²) in [6.07, 6.45) is 0. The SMILES string of the molecule is CC(NC(=O)C(C)(C)C)c1nc2ccccc2n1CCOc1ccccc1Cl. The number of ether oxygens (including phenoxy) is 1. The van der Waals surface area contributed by atoms with Crippen LogP contribution in [-0.2, 0) is 11.3 Å². The zero-order valence-electron chi connectivity index (χ0n) is 16.7. The molecule has 1 heterocycles. The molecule has 0 radical (unpaired) electrons. The van der Waals surface area contributed by atoms with Crippen molar-refractivity contribution in [1.82, 2.24) is 14.9 Å². The molecule has 5 nitrogen and oxygen atoms in total. The number of benzene rings is 2. The summed E-state index contributed by atoms with van der Waals surface area (Å²) in [5, 5.41) is 3.66. The van der Waals surface area contributed by atoms with Gasteiger partial charge in [0.25, 0.3) is 0 Å². The largest absolute Gasteiger partial charge is 0.490 e. The van der Waals surface area contributed by atoms with Crippen LogP contribution in [0.2, 0.25) is 5.02 Å².